The minimum Gasteiger partial charge on any atom is -0.390 e. The number of anilines is 1. The highest BCUT2D eigenvalue weighted by atomic mass is 32.1. The molecule has 150 valence electrons. The van der Waals surface area contributed by atoms with Crippen molar-refractivity contribution in [3.63, 3.8) is 0 Å². The molecule has 0 saturated heterocycles. The Morgan fingerprint density at radius 1 is 0.964 bits per heavy atom. The van der Waals surface area contributed by atoms with E-state index in [-0.39, 0.29) is 11.2 Å². The third-order valence-electron chi connectivity index (χ3n) is 4.34. The van der Waals surface area contributed by atoms with E-state index in [0.29, 0.717) is 18.6 Å². The lowest BCUT2D eigenvalue weighted by Crippen LogP contribution is -2.36. The summed E-state index contributed by atoms with van der Waals surface area (Å²) in [4.78, 5) is 0. The molecule has 0 aliphatic heterocycles. The molecule has 10 heteroatoms. The van der Waals surface area contributed by atoms with E-state index in [9.17, 15) is 31.4 Å². The van der Waals surface area contributed by atoms with E-state index in [4.69, 9.17) is 12.2 Å². The monoisotopic (exact) mass is 420 g/mol. The third kappa shape index (κ3) is 4.39. The largest absolute Gasteiger partial charge is 0.416 e. The number of halogens is 6. The third-order valence-corrected chi connectivity index (χ3v) is 4.56. The maximum absolute atomic E-state index is 12.9. The predicted molar refractivity (Wildman–Crippen MR) is 94.7 cm³/mol. The molecule has 28 heavy (non-hydrogen) atoms. The van der Waals surface area contributed by atoms with Crippen LogP contribution in [-0.2, 0) is 18.8 Å². The van der Waals surface area contributed by atoms with Crippen LogP contribution in [-0.4, -0.2) is 16.3 Å². The molecule has 2 atom stereocenters. The Labute approximate surface area is 161 Å². The van der Waals surface area contributed by atoms with Gasteiger partial charge in [0.2, 0.25) is 0 Å². The molecule has 2 aromatic carbocycles. The molecule has 0 fully saturated rings. The van der Waals surface area contributed by atoms with Crippen molar-refractivity contribution in [1.29, 1.82) is 0 Å². The van der Waals surface area contributed by atoms with Crippen molar-refractivity contribution in [1.82, 2.24) is 5.32 Å². The molecule has 0 unspecified atom stereocenters. The van der Waals surface area contributed by atoms with E-state index in [1.54, 1.807) is 18.2 Å². The Hall–Kier alpha value is -2.33. The van der Waals surface area contributed by atoms with Crippen molar-refractivity contribution in [2.24, 2.45) is 0 Å². The number of hydrogen-bond donors (Lipinski definition) is 3. The number of aliphatic hydroxyl groups excluding tert-OH is 1. The van der Waals surface area contributed by atoms with Crippen LogP contribution < -0.4 is 10.6 Å². The van der Waals surface area contributed by atoms with Crippen LogP contribution in [0.2, 0.25) is 0 Å². The van der Waals surface area contributed by atoms with Gasteiger partial charge in [0.15, 0.2) is 5.11 Å². The summed E-state index contributed by atoms with van der Waals surface area (Å²) in [6.07, 6.45) is -10.4. The highest BCUT2D eigenvalue weighted by Crippen LogP contribution is 2.37. The van der Waals surface area contributed by atoms with Crippen LogP contribution in [0.15, 0.2) is 42.5 Å². The first kappa shape index (κ1) is 20.4. The first-order valence-electron chi connectivity index (χ1n) is 8.08. The summed E-state index contributed by atoms with van der Waals surface area (Å²) in [7, 11) is 0. The van der Waals surface area contributed by atoms with Gasteiger partial charge in [-0.3, -0.25) is 0 Å². The van der Waals surface area contributed by atoms with Gasteiger partial charge in [-0.15, -0.1) is 0 Å². The predicted octanol–water partition coefficient (Wildman–Crippen LogP) is 4.67. The first-order valence-corrected chi connectivity index (χ1v) is 8.49. The van der Waals surface area contributed by atoms with Gasteiger partial charge in [-0.25, -0.2) is 0 Å². The van der Waals surface area contributed by atoms with Crippen LogP contribution in [0.5, 0.6) is 0 Å². The SMILES string of the molecule is O[C@H]1Cc2ccccc2[C@H]1NC(=S)Nc1cc(C(F)(F)F)cc(C(F)(F)F)c1. The summed E-state index contributed by atoms with van der Waals surface area (Å²) in [6, 6.07) is 7.64. The fraction of sp³-hybridized carbons (Fsp3) is 0.278. The van der Waals surface area contributed by atoms with Crippen LogP contribution in [0.25, 0.3) is 0 Å². The average Bonchev–Trinajstić information content (AvgIpc) is 2.88. The molecule has 0 saturated carbocycles. The number of thiocarbonyl (C=S) groups is 1. The molecular formula is C18H14F6N2OS. The Kier molecular flexibility index (Phi) is 5.28. The fourth-order valence-electron chi connectivity index (χ4n) is 3.08. The molecule has 3 rings (SSSR count). The first-order chi connectivity index (χ1) is 12.9. The van der Waals surface area contributed by atoms with E-state index in [2.05, 4.69) is 10.6 Å². The summed E-state index contributed by atoms with van der Waals surface area (Å²) in [5.74, 6) is 0. The molecule has 0 amide bonds. The molecule has 1 aliphatic carbocycles. The normalized spacial score (nSPS) is 19.2. The van der Waals surface area contributed by atoms with E-state index >= 15 is 0 Å². The second-order valence-electron chi connectivity index (χ2n) is 6.34. The number of nitrogens with one attached hydrogen (secondary N) is 2. The lowest BCUT2D eigenvalue weighted by molar-refractivity contribution is -0.143. The number of rotatable bonds is 2. The lowest BCUT2D eigenvalue weighted by atomic mass is 10.1. The average molecular weight is 420 g/mol. The summed E-state index contributed by atoms with van der Waals surface area (Å²) >= 11 is 5.03. The minimum atomic E-state index is -4.95. The molecule has 0 spiro atoms. The van der Waals surface area contributed by atoms with Crippen molar-refractivity contribution < 1.29 is 31.4 Å². The summed E-state index contributed by atoms with van der Waals surface area (Å²) in [6.45, 7) is 0. The summed E-state index contributed by atoms with van der Waals surface area (Å²) < 4.78 is 77.6. The standard InChI is InChI=1S/C18H14F6N2OS/c19-17(20,21)10-6-11(18(22,23)24)8-12(7-10)25-16(28)26-15-13-4-2-1-3-9(13)5-14(15)27/h1-4,6-8,14-15,27H,5H2,(H2,25,26,28)/t14-,15+/m0/s1. The number of benzene rings is 2. The number of alkyl halides is 6. The highest BCUT2D eigenvalue weighted by molar-refractivity contribution is 7.80. The van der Waals surface area contributed by atoms with Crippen LogP contribution in [0, 0.1) is 0 Å². The van der Waals surface area contributed by atoms with Crippen molar-refractivity contribution >= 4 is 23.0 Å². The number of hydrogen-bond acceptors (Lipinski definition) is 2. The van der Waals surface area contributed by atoms with E-state index < -0.39 is 41.3 Å². The van der Waals surface area contributed by atoms with Gasteiger partial charge >= 0.3 is 12.4 Å². The van der Waals surface area contributed by atoms with Gasteiger partial charge in [-0.1, -0.05) is 24.3 Å². The van der Waals surface area contributed by atoms with Gasteiger partial charge < -0.3 is 15.7 Å². The molecule has 0 heterocycles. The van der Waals surface area contributed by atoms with Crippen molar-refractivity contribution in [2.45, 2.75) is 30.9 Å². The molecule has 3 N–H and O–H groups in total. The van der Waals surface area contributed by atoms with Crippen LogP contribution in [0.3, 0.4) is 0 Å². The second-order valence-corrected chi connectivity index (χ2v) is 6.75. The van der Waals surface area contributed by atoms with Gasteiger partial charge in [-0.2, -0.15) is 26.3 Å². The van der Waals surface area contributed by atoms with Crippen LogP contribution >= 0.6 is 12.2 Å². The highest BCUT2D eigenvalue weighted by Gasteiger charge is 2.37. The Balaban J connectivity index is 1.82. The van der Waals surface area contributed by atoms with Gasteiger partial charge in [0.1, 0.15) is 0 Å². The van der Waals surface area contributed by atoms with Crippen molar-refractivity contribution in [3.8, 4) is 0 Å². The van der Waals surface area contributed by atoms with E-state index in [0.717, 1.165) is 11.1 Å². The number of aliphatic hydroxyl groups is 1. The molecule has 0 radical (unpaired) electrons. The number of fused-ring (bicyclic) bond motifs is 1. The van der Waals surface area contributed by atoms with Crippen LogP contribution in [0.4, 0.5) is 32.0 Å². The van der Waals surface area contributed by atoms with Gasteiger partial charge in [0, 0.05) is 12.1 Å². The molecule has 3 nitrogen and oxygen atoms in total. The zero-order valence-electron chi connectivity index (χ0n) is 14.0. The lowest BCUT2D eigenvalue weighted by Gasteiger charge is -2.21. The molecule has 0 bridgehead atoms. The zero-order chi connectivity index (χ0) is 20.7. The maximum Gasteiger partial charge on any atom is 0.416 e. The van der Waals surface area contributed by atoms with E-state index in [1.807, 2.05) is 6.07 Å². The van der Waals surface area contributed by atoms with Gasteiger partial charge in [-0.05, 0) is 41.5 Å². The zero-order valence-corrected chi connectivity index (χ0v) is 14.8. The van der Waals surface area contributed by atoms with Gasteiger partial charge in [0.25, 0.3) is 0 Å². The molecular weight excluding hydrogens is 406 g/mol. The fourth-order valence-corrected chi connectivity index (χ4v) is 3.33. The van der Waals surface area contributed by atoms with E-state index in [1.165, 1.54) is 0 Å². The van der Waals surface area contributed by atoms with Crippen molar-refractivity contribution in [3.05, 3.63) is 64.7 Å². The van der Waals surface area contributed by atoms with Gasteiger partial charge in [0.05, 0.1) is 23.3 Å². The Morgan fingerprint density at radius 2 is 1.54 bits per heavy atom. The smallest absolute Gasteiger partial charge is 0.390 e. The molecule has 2 aromatic rings. The maximum atomic E-state index is 12.9. The summed E-state index contributed by atoms with van der Waals surface area (Å²) in [5.41, 5.74) is -1.70. The Bertz CT molecular complexity index is 864. The molecule has 0 aromatic heterocycles. The van der Waals surface area contributed by atoms with Crippen molar-refractivity contribution in [2.75, 3.05) is 5.32 Å². The second kappa shape index (κ2) is 7.25. The quantitative estimate of drug-likeness (QED) is 0.488. The van der Waals surface area contributed by atoms with Crippen LogP contribution in [0.1, 0.15) is 28.3 Å². The molecule has 1 aliphatic rings. The summed E-state index contributed by atoms with van der Waals surface area (Å²) in [5, 5.41) is 15.1. The minimum absolute atomic E-state index is 0.0403. The Morgan fingerprint density at radius 3 is 2.11 bits per heavy atom. The topological polar surface area (TPSA) is 44.3 Å².